The SMILES string of the molecule is CCCCCCCCCCCCOc1ccc(-n2c(C(C)(C(F)(F)F)C(F)(F)F)nc(C=O)c2O)cc1. The number of benzene rings is 1. The number of aldehydes is 1. The summed E-state index contributed by atoms with van der Waals surface area (Å²) in [7, 11) is 0. The van der Waals surface area contributed by atoms with Crippen LogP contribution in [0.1, 0.15) is 94.4 Å². The zero-order valence-corrected chi connectivity index (χ0v) is 21.1. The molecule has 1 aromatic carbocycles. The molecule has 0 spiro atoms. The van der Waals surface area contributed by atoms with Gasteiger partial charge in [-0.2, -0.15) is 26.3 Å². The van der Waals surface area contributed by atoms with Crippen molar-refractivity contribution in [1.29, 1.82) is 0 Å². The van der Waals surface area contributed by atoms with Crippen molar-refractivity contribution in [1.82, 2.24) is 9.55 Å². The first-order valence-corrected chi connectivity index (χ1v) is 12.5. The lowest BCUT2D eigenvalue weighted by atomic mass is 9.87. The monoisotopic (exact) mass is 536 g/mol. The van der Waals surface area contributed by atoms with E-state index in [0.717, 1.165) is 25.7 Å². The lowest BCUT2D eigenvalue weighted by Crippen LogP contribution is -2.53. The number of alkyl halides is 6. The van der Waals surface area contributed by atoms with E-state index in [1.165, 1.54) is 62.8 Å². The van der Waals surface area contributed by atoms with Crippen LogP contribution in [-0.4, -0.2) is 39.9 Å². The highest BCUT2D eigenvalue weighted by molar-refractivity contribution is 5.76. The number of imidazole rings is 1. The van der Waals surface area contributed by atoms with Gasteiger partial charge in [-0.1, -0.05) is 64.7 Å². The molecule has 2 rings (SSSR count). The predicted molar refractivity (Wildman–Crippen MR) is 127 cm³/mol. The van der Waals surface area contributed by atoms with Crippen LogP contribution in [0.4, 0.5) is 26.3 Å². The van der Waals surface area contributed by atoms with Crippen molar-refractivity contribution in [2.24, 2.45) is 0 Å². The summed E-state index contributed by atoms with van der Waals surface area (Å²) in [5.74, 6) is -2.32. The van der Waals surface area contributed by atoms with E-state index in [1.807, 2.05) is 0 Å². The Bertz CT molecular complexity index is 970. The third kappa shape index (κ3) is 7.41. The van der Waals surface area contributed by atoms with E-state index in [-0.39, 0.29) is 23.5 Å². The van der Waals surface area contributed by atoms with Gasteiger partial charge in [-0.25, -0.2) is 4.98 Å². The molecule has 0 aliphatic carbocycles. The van der Waals surface area contributed by atoms with E-state index in [4.69, 9.17) is 4.74 Å². The van der Waals surface area contributed by atoms with Crippen LogP contribution in [-0.2, 0) is 5.41 Å². The van der Waals surface area contributed by atoms with Gasteiger partial charge in [-0.3, -0.25) is 9.36 Å². The second-order valence-electron chi connectivity index (χ2n) is 9.24. The summed E-state index contributed by atoms with van der Waals surface area (Å²) in [6.07, 6.45) is -0.145. The maximum atomic E-state index is 13.7. The molecule has 208 valence electrons. The van der Waals surface area contributed by atoms with Crippen LogP contribution >= 0.6 is 0 Å². The highest BCUT2D eigenvalue weighted by Gasteiger charge is 2.71. The van der Waals surface area contributed by atoms with Crippen molar-refractivity contribution >= 4 is 6.29 Å². The lowest BCUT2D eigenvalue weighted by molar-refractivity contribution is -0.300. The van der Waals surface area contributed by atoms with Gasteiger partial charge in [0.15, 0.2) is 12.0 Å². The third-order valence-corrected chi connectivity index (χ3v) is 6.43. The van der Waals surface area contributed by atoms with Crippen LogP contribution in [0.3, 0.4) is 0 Å². The Hall–Kier alpha value is -2.72. The van der Waals surface area contributed by atoms with Crippen molar-refractivity contribution in [3.8, 4) is 17.3 Å². The van der Waals surface area contributed by atoms with Crippen LogP contribution in [0.15, 0.2) is 24.3 Å². The minimum Gasteiger partial charge on any atom is -0.494 e. The molecule has 1 N–H and O–H groups in total. The quantitative estimate of drug-likeness (QED) is 0.142. The van der Waals surface area contributed by atoms with Crippen molar-refractivity contribution in [3.05, 3.63) is 35.8 Å². The Balaban J connectivity index is 2.05. The molecule has 0 bridgehead atoms. The van der Waals surface area contributed by atoms with Gasteiger partial charge in [-0.15, -0.1) is 0 Å². The Morgan fingerprint density at radius 3 is 1.81 bits per heavy atom. The molecule has 1 aromatic heterocycles. The molecule has 0 aliphatic heterocycles. The maximum Gasteiger partial charge on any atom is 0.410 e. The van der Waals surface area contributed by atoms with Gasteiger partial charge in [-0.05, 0) is 37.6 Å². The Kier molecular flexibility index (Phi) is 10.9. The summed E-state index contributed by atoms with van der Waals surface area (Å²) < 4.78 is 87.9. The number of halogens is 6. The third-order valence-electron chi connectivity index (χ3n) is 6.43. The molecule has 11 heteroatoms. The number of carbonyl (C=O) groups excluding carboxylic acids is 1. The predicted octanol–water partition coefficient (Wildman–Crippen LogP) is 8.07. The van der Waals surface area contributed by atoms with Crippen LogP contribution in [0.25, 0.3) is 5.69 Å². The first kappa shape index (κ1) is 30.5. The van der Waals surface area contributed by atoms with E-state index < -0.39 is 35.2 Å². The van der Waals surface area contributed by atoms with E-state index in [0.29, 0.717) is 12.4 Å². The van der Waals surface area contributed by atoms with Gasteiger partial charge in [0.05, 0.1) is 12.3 Å². The van der Waals surface area contributed by atoms with Crippen molar-refractivity contribution < 1.29 is 41.0 Å². The molecule has 0 saturated heterocycles. The molecular formula is C26H34F6N2O3. The largest absolute Gasteiger partial charge is 0.494 e. The average Bonchev–Trinajstić information content (AvgIpc) is 3.17. The fourth-order valence-electron chi connectivity index (χ4n) is 3.97. The van der Waals surface area contributed by atoms with Gasteiger partial charge >= 0.3 is 12.4 Å². The highest BCUT2D eigenvalue weighted by atomic mass is 19.4. The molecular weight excluding hydrogens is 502 g/mol. The first-order chi connectivity index (χ1) is 17.4. The van der Waals surface area contributed by atoms with Crippen LogP contribution in [0, 0.1) is 0 Å². The number of carbonyl (C=O) groups is 1. The fraction of sp³-hybridized carbons (Fsp3) is 0.615. The number of nitrogens with zero attached hydrogens (tertiary/aromatic N) is 2. The summed E-state index contributed by atoms with van der Waals surface area (Å²) >= 11 is 0. The minimum atomic E-state index is -5.81. The topological polar surface area (TPSA) is 64.4 Å². The van der Waals surface area contributed by atoms with Gasteiger partial charge in [0.1, 0.15) is 11.6 Å². The number of rotatable bonds is 15. The molecule has 0 radical (unpaired) electrons. The number of hydrogen-bond acceptors (Lipinski definition) is 4. The molecule has 2 aromatic rings. The van der Waals surface area contributed by atoms with Gasteiger partial charge < -0.3 is 9.84 Å². The van der Waals surface area contributed by atoms with Gasteiger partial charge in [0.25, 0.3) is 0 Å². The van der Waals surface area contributed by atoms with Crippen LogP contribution in [0.2, 0.25) is 0 Å². The molecule has 0 fully saturated rings. The number of ether oxygens (including phenoxy) is 1. The molecule has 0 saturated carbocycles. The second kappa shape index (κ2) is 13.2. The first-order valence-electron chi connectivity index (χ1n) is 12.5. The van der Waals surface area contributed by atoms with Gasteiger partial charge in [0, 0.05) is 0 Å². The molecule has 0 atom stereocenters. The van der Waals surface area contributed by atoms with Crippen LogP contribution < -0.4 is 4.74 Å². The Labute approximate surface area is 212 Å². The molecule has 37 heavy (non-hydrogen) atoms. The second-order valence-corrected chi connectivity index (χ2v) is 9.24. The minimum absolute atomic E-state index is 0.0796. The number of aromatic nitrogens is 2. The molecule has 0 unspecified atom stereocenters. The lowest BCUT2D eigenvalue weighted by Gasteiger charge is -2.33. The summed E-state index contributed by atoms with van der Waals surface area (Å²) in [6.45, 7) is 2.52. The Morgan fingerprint density at radius 1 is 0.865 bits per heavy atom. The summed E-state index contributed by atoms with van der Waals surface area (Å²) in [5, 5.41) is 10.2. The molecule has 0 aliphatic rings. The standard InChI is InChI=1S/C26H34F6N2O3/c1-3-4-5-6-7-8-9-10-11-12-17-37-20-15-13-19(14-16-20)34-22(36)21(18-35)33-23(34)24(2,25(27,28)29)26(30,31)32/h13-16,18,36H,3-12,17H2,1-2H3. The zero-order valence-electron chi connectivity index (χ0n) is 21.1. The summed E-state index contributed by atoms with van der Waals surface area (Å²) in [5.41, 5.74) is -5.61. The molecule has 0 amide bonds. The average molecular weight is 537 g/mol. The highest BCUT2D eigenvalue weighted by Crippen LogP contribution is 2.52. The van der Waals surface area contributed by atoms with E-state index in [2.05, 4.69) is 11.9 Å². The van der Waals surface area contributed by atoms with Crippen molar-refractivity contribution in [3.63, 3.8) is 0 Å². The van der Waals surface area contributed by atoms with Crippen molar-refractivity contribution in [2.75, 3.05) is 6.61 Å². The number of hydrogen-bond donors (Lipinski definition) is 1. The normalized spacial score (nSPS) is 12.6. The zero-order chi connectivity index (χ0) is 27.7. The Morgan fingerprint density at radius 2 is 1.35 bits per heavy atom. The number of unbranched alkanes of at least 4 members (excludes halogenated alkanes) is 9. The summed E-state index contributed by atoms with van der Waals surface area (Å²) in [4.78, 5) is 14.4. The van der Waals surface area contributed by atoms with Gasteiger partial charge in [0.2, 0.25) is 11.3 Å². The fourth-order valence-corrected chi connectivity index (χ4v) is 3.97. The van der Waals surface area contributed by atoms with E-state index >= 15 is 0 Å². The molecule has 5 nitrogen and oxygen atoms in total. The van der Waals surface area contributed by atoms with E-state index in [9.17, 15) is 36.2 Å². The maximum absolute atomic E-state index is 13.7. The number of aromatic hydroxyl groups is 1. The van der Waals surface area contributed by atoms with Crippen molar-refractivity contribution in [2.45, 2.75) is 95.8 Å². The molecule has 1 heterocycles. The smallest absolute Gasteiger partial charge is 0.410 e. The van der Waals surface area contributed by atoms with Crippen LogP contribution in [0.5, 0.6) is 11.6 Å². The van der Waals surface area contributed by atoms with E-state index in [1.54, 1.807) is 0 Å². The summed E-state index contributed by atoms with van der Waals surface area (Å²) in [6, 6.07) is 5.13.